The number of benzene rings is 1. The molecule has 0 bridgehead atoms. The molecule has 1 amide bonds. The molecule has 2 aromatic rings. The normalized spacial score (nSPS) is 10.9. The van der Waals surface area contributed by atoms with Crippen LogP contribution in [0.3, 0.4) is 0 Å². The van der Waals surface area contributed by atoms with Gasteiger partial charge in [0.1, 0.15) is 11.6 Å². The number of aromatic nitrogens is 2. The molecule has 0 unspecified atom stereocenters. The lowest BCUT2D eigenvalue weighted by atomic mass is 10.1. The Kier molecular flexibility index (Phi) is 9.87. The van der Waals surface area contributed by atoms with Crippen LogP contribution in [0.25, 0.3) is 0 Å². The lowest BCUT2D eigenvalue weighted by Crippen LogP contribution is -2.33. The minimum absolute atomic E-state index is 0.0641. The van der Waals surface area contributed by atoms with Crippen LogP contribution in [0, 0.1) is 5.92 Å². The van der Waals surface area contributed by atoms with Gasteiger partial charge in [-0.1, -0.05) is 26.0 Å². The van der Waals surface area contributed by atoms with Gasteiger partial charge in [0.15, 0.2) is 0 Å². The van der Waals surface area contributed by atoms with Gasteiger partial charge in [-0.15, -0.1) is 0 Å². The minimum atomic E-state index is 0.0641. The summed E-state index contributed by atoms with van der Waals surface area (Å²) in [4.78, 5) is 18.9. The maximum absolute atomic E-state index is 12.1. The summed E-state index contributed by atoms with van der Waals surface area (Å²) in [5.41, 5.74) is 1.10. The van der Waals surface area contributed by atoms with E-state index in [1.807, 2.05) is 24.3 Å². The molecule has 1 heterocycles. The summed E-state index contributed by atoms with van der Waals surface area (Å²) >= 11 is 1.36. The molecule has 8 heteroatoms. The zero-order valence-electron chi connectivity index (χ0n) is 17.8. The maximum atomic E-state index is 12.1. The molecule has 0 spiro atoms. The first-order chi connectivity index (χ1) is 14.0. The van der Waals surface area contributed by atoms with Crippen LogP contribution in [0.15, 0.2) is 24.3 Å². The van der Waals surface area contributed by atoms with Crippen LogP contribution in [-0.2, 0) is 16.0 Å². The molecule has 29 heavy (non-hydrogen) atoms. The third-order valence-electron chi connectivity index (χ3n) is 4.44. The van der Waals surface area contributed by atoms with E-state index in [0.717, 1.165) is 35.2 Å². The highest BCUT2D eigenvalue weighted by atomic mass is 32.1. The number of hydrogen-bond acceptors (Lipinski definition) is 7. The van der Waals surface area contributed by atoms with Crippen molar-refractivity contribution in [2.75, 3.05) is 45.4 Å². The van der Waals surface area contributed by atoms with Crippen molar-refractivity contribution in [1.82, 2.24) is 14.7 Å². The fraction of sp³-hybridized carbons (Fsp3) is 0.571. The molecular formula is C21H32N4O3S. The third kappa shape index (κ3) is 8.37. The van der Waals surface area contributed by atoms with Gasteiger partial charge in [0, 0.05) is 51.1 Å². The van der Waals surface area contributed by atoms with Gasteiger partial charge in [-0.3, -0.25) is 4.79 Å². The van der Waals surface area contributed by atoms with Gasteiger partial charge in [-0.2, -0.15) is 4.37 Å². The molecule has 1 N–H and O–H groups in total. The number of ether oxygens (including phenoxy) is 2. The van der Waals surface area contributed by atoms with Crippen molar-refractivity contribution in [2.24, 2.45) is 5.92 Å². The molecule has 0 aliphatic carbocycles. The average molecular weight is 421 g/mol. The van der Waals surface area contributed by atoms with Gasteiger partial charge >= 0.3 is 0 Å². The van der Waals surface area contributed by atoms with E-state index in [-0.39, 0.29) is 5.91 Å². The SMILES string of the molecule is COCCN(CCC(=O)NCCC(C)C)c1nc(Cc2cccc(OC)c2)ns1. The van der Waals surface area contributed by atoms with Gasteiger partial charge < -0.3 is 19.7 Å². The van der Waals surface area contributed by atoms with E-state index in [4.69, 9.17) is 9.47 Å². The molecule has 0 radical (unpaired) electrons. The smallest absolute Gasteiger partial charge is 0.221 e. The van der Waals surface area contributed by atoms with E-state index in [2.05, 4.69) is 33.4 Å². The van der Waals surface area contributed by atoms with Gasteiger partial charge in [0.2, 0.25) is 11.0 Å². The van der Waals surface area contributed by atoms with Crippen molar-refractivity contribution in [3.8, 4) is 5.75 Å². The predicted molar refractivity (Wildman–Crippen MR) is 117 cm³/mol. The van der Waals surface area contributed by atoms with Crippen molar-refractivity contribution in [3.63, 3.8) is 0 Å². The Balaban J connectivity index is 1.94. The van der Waals surface area contributed by atoms with Crippen LogP contribution >= 0.6 is 11.5 Å². The van der Waals surface area contributed by atoms with E-state index in [0.29, 0.717) is 38.5 Å². The fourth-order valence-corrected chi connectivity index (χ4v) is 3.48. The van der Waals surface area contributed by atoms with Gasteiger partial charge in [0.05, 0.1) is 13.7 Å². The summed E-state index contributed by atoms with van der Waals surface area (Å²) in [5.74, 6) is 2.23. The first kappa shape index (κ1) is 23.1. The lowest BCUT2D eigenvalue weighted by molar-refractivity contribution is -0.120. The Morgan fingerprint density at radius 1 is 1.28 bits per heavy atom. The van der Waals surface area contributed by atoms with Crippen LogP contribution in [0.4, 0.5) is 5.13 Å². The van der Waals surface area contributed by atoms with E-state index < -0.39 is 0 Å². The fourth-order valence-electron chi connectivity index (χ4n) is 2.74. The molecule has 160 valence electrons. The molecule has 0 aliphatic rings. The van der Waals surface area contributed by atoms with Gasteiger partial charge in [-0.05, 0) is 30.0 Å². The van der Waals surface area contributed by atoms with Crippen LogP contribution in [0.2, 0.25) is 0 Å². The standard InChI is InChI=1S/C21H32N4O3S/c1-16(2)8-10-22-20(26)9-11-25(12-13-27-3)21-23-19(24-29-21)15-17-6-5-7-18(14-17)28-4/h5-7,14,16H,8-13,15H2,1-4H3,(H,22,26). The topological polar surface area (TPSA) is 76.6 Å². The van der Waals surface area contributed by atoms with E-state index in [1.165, 1.54) is 11.5 Å². The highest BCUT2D eigenvalue weighted by Gasteiger charge is 2.15. The molecule has 0 atom stereocenters. The van der Waals surface area contributed by atoms with E-state index >= 15 is 0 Å². The van der Waals surface area contributed by atoms with Crippen molar-refractivity contribution < 1.29 is 14.3 Å². The summed E-state index contributed by atoms with van der Waals surface area (Å²) in [5, 5.41) is 3.80. The number of carbonyl (C=O) groups is 1. The van der Waals surface area contributed by atoms with Crippen molar-refractivity contribution in [3.05, 3.63) is 35.7 Å². The highest BCUT2D eigenvalue weighted by Crippen LogP contribution is 2.21. The summed E-state index contributed by atoms with van der Waals surface area (Å²) in [7, 11) is 3.33. The third-order valence-corrected chi connectivity index (χ3v) is 5.26. The number of nitrogens with one attached hydrogen (secondary N) is 1. The summed E-state index contributed by atoms with van der Waals surface area (Å²) in [6, 6.07) is 7.91. The van der Waals surface area contributed by atoms with E-state index in [9.17, 15) is 4.79 Å². The number of methoxy groups -OCH3 is 2. The first-order valence-corrected chi connectivity index (χ1v) is 10.7. The quantitative estimate of drug-likeness (QED) is 0.536. The van der Waals surface area contributed by atoms with Gasteiger partial charge in [0.25, 0.3) is 0 Å². The lowest BCUT2D eigenvalue weighted by Gasteiger charge is -2.20. The molecular weight excluding hydrogens is 388 g/mol. The molecule has 7 nitrogen and oxygen atoms in total. The van der Waals surface area contributed by atoms with Crippen LogP contribution in [0.5, 0.6) is 5.75 Å². The largest absolute Gasteiger partial charge is 0.497 e. The number of carbonyl (C=O) groups excluding carboxylic acids is 1. The number of rotatable bonds is 13. The second-order valence-corrected chi connectivity index (χ2v) is 8.01. The zero-order valence-corrected chi connectivity index (χ0v) is 18.6. The van der Waals surface area contributed by atoms with Crippen LogP contribution < -0.4 is 15.0 Å². The molecule has 2 rings (SSSR count). The summed E-state index contributed by atoms with van der Waals surface area (Å²) < 4.78 is 15.0. The molecule has 1 aromatic carbocycles. The number of hydrogen-bond donors (Lipinski definition) is 1. The maximum Gasteiger partial charge on any atom is 0.221 e. The first-order valence-electron chi connectivity index (χ1n) is 9.98. The number of amides is 1. The van der Waals surface area contributed by atoms with Crippen molar-refractivity contribution in [2.45, 2.75) is 33.1 Å². The molecule has 1 aromatic heterocycles. The summed E-state index contributed by atoms with van der Waals surface area (Å²) in [6.07, 6.45) is 2.05. The monoisotopic (exact) mass is 420 g/mol. The molecule has 0 fully saturated rings. The Hall–Kier alpha value is -2.19. The predicted octanol–water partition coefficient (Wildman–Crippen LogP) is 3.14. The van der Waals surface area contributed by atoms with Crippen LogP contribution in [0.1, 0.15) is 38.1 Å². The number of anilines is 1. The van der Waals surface area contributed by atoms with Gasteiger partial charge in [-0.25, -0.2) is 4.98 Å². The Morgan fingerprint density at radius 3 is 2.83 bits per heavy atom. The molecule has 0 saturated carbocycles. The highest BCUT2D eigenvalue weighted by molar-refractivity contribution is 7.09. The second-order valence-electron chi connectivity index (χ2n) is 7.28. The van der Waals surface area contributed by atoms with Crippen LogP contribution in [-0.4, -0.2) is 55.7 Å². The zero-order chi connectivity index (χ0) is 21.1. The Morgan fingerprint density at radius 2 is 2.10 bits per heavy atom. The number of nitrogens with zero attached hydrogens (tertiary/aromatic N) is 3. The molecule has 0 aliphatic heterocycles. The van der Waals surface area contributed by atoms with E-state index in [1.54, 1.807) is 14.2 Å². The Bertz CT molecular complexity index is 751. The summed E-state index contributed by atoms with van der Waals surface area (Å²) in [6.45, 7) is 6.85. The minimum Gasteiger partial charge on any atom is -0.497 e. The Labute approximate surface area is 177 Å². The average Bonchev–Trinajstić information content (AvgIpc) is 3.16. The van der Waals surface area contributed by atoms with Crippen molar-refractivity contribution >= 4 is 22.6 Å². The second kappa shape index (κ2) is 12.4. The molecule has 0 saturated heterocycles. The van der Waals surface area contributed by atoms with Crippen molar-refractivity contribution in [1.29, 1.82) is 0 Å².